The molecule has 128 valence electrons. The van der Waals surface area contributed by atoms with Gasteiger partial charge in [-0.2, -0.15) is 0 Å². The lowest BCUT2D eigenvalue weighted by Gasteiger charge is -2.18. The van der Waals surface area contributed by atoms with Crippen LogP contribution in [0.3, 0.4) is 0 Å². The van der Waals surface area contributed by atoms with Crippen LogP contribution < -0.4 is 10.1 Å². The quantitative estimate of drug-likeness (QED) is 0.418. The van der Waals surface area contributed by atoms with Crippen molar-refractivity contribution in [2.24, 2.45) is 0 Å². The van der Waals surface area contributed by atoms with E-state index in [4.69, 9.17) is 9.84 Å². The molecule has 0 saturated carbocycles. The summed E-state index contributed by atoms with van der Waals surface area (Å²) in [6.45, 7) is 0. The summed E-state index contributed by atoms with van der Waals surface area (Å²) < 4.78 is 5.78. The summed E-state index contributed by atoms with van der Waals surface area (Å²) in [6, 6.07) is 6.46. The second-order valence-electron chi connectivity index (χ2n) is 5.34. The molecule has 0 atom stereocenters. The number of phenolic OH excluding ortho intramolecular Hbond substituents is 1. The minimum atomic E-state index is -1.19. The van der Waals surface area contributed by atoms with Crippen molar-refractivity contribution < 1.29 is 24.9 Å². The summed E-state index contributed by atoms with van der Waals surface area (Å²) in [4.78, 5) is 11.2. The number of carboxylic acids is 1. The summed E-state index contributed by atoms with van der Waals surface area (Å²) in [5.74, 6) is -1.07. The number of hydrogen-bond donors (Lipinski definition) is 4. The molecule has 6 nitrogen and oxygen atoms in total. The van der Waals surface area contributed by atoms with E-state index in [-0.39, 0.29) is 17.1 Å². The molecule has 25 heavy (non-hydrogen) atoms. The molecule has 1 heterocycles. The van der Waals surface area contributed by atoms with Crippen LogP contribution in [0.25, 0.3) is 12.2 Å². The highest BCUT2D eigenvalue weighted by Gasteiger charge is 2.18. The van der Waals surface area contributed by atoms with E-state index in [2.05, 4.69) is 5.32 Å². The summed E-state index contributed by atoms with van der Waals surface area (Å²) in [7, 11) is 1.47. The SMILES string of the molecule is COc1cc(/C=C2\C=Cc3ccc(C(=O)O)c(O)c3N2)cc(I)c1O. The Labute approximate surface area is 157 Å². The lowest BCUT2D eigenvalue weighted by molar-refractivity contribution is 0.0694. The molecule has 2 aromatic carbocycles. The molecule has 1 aliphatic heterocycles. The van der Waals surface area contributed by atoms with Crippen molar-refractivity contribution in [1.82, 2.24) is 0 Å². The fraction of sp³-hybridized carbons (Fsp3) is 0.0556. The van der Waals surface area contributed by atoms with Crippen LogP contribution in [0.2, 0.25) is 0 Å². The summed E-state index contributed by atoms with van der Waals surface area (Å²) >= 11 is 2.01. The summed E-state index contributed by atoms with van der Waals surface area (Å²) in [5.41, 5.74) is 2.31. The normalized spacial score (nSPS) is 14.1. The second kappa shape index (κ2) is 6.67. The third-order valence-corrected chi connectivity index (χ3v) is 4.57. The summed E-state index contributed by atoms with van der Waals surface area (Å²) in [6.07, 6.45) is 5.40. The molecular weight excluding hydrogens is 437 g/mol. The van der Waals surface area contributed by atoms with Crippen molar-refractivity contribution in [3.63, 3.8) is 0 Å². The maximum Gasteiger partial charge on any atom is 0.339 e. The predicted octanol–water partition coefficient (Wildman–Crippen LogP) is 3.89. The van der Waals surface area contributed by atoms with Crippen LogP contribution in [0.15, 0.2) is 36.0 Å². The van der Waals surface area contributed by atoms with Gasteiger partial charge >= 0.3 is 5.97 Å². The highest BCUT2D eigenvalue weighted by molar-refractivity contribution is 14.1. The Hall–Kier alpha value is -2.68. The third-order valence-electron chi connectivity index (χ3n) is 3.75. The average Bonchev–Trinajstić information content (AvgIpc) is 2.58. The van der Waals surface area contributed by atoms with Gasteiger partial charge in [-0.15, -0.1) is 0 Å². The maximum atomic E-state index is 11.2. The standard InChI is InChI=1S/C18H14INO5/c1-25-14-8-9(7-13(19)17(14)22)6-11-4-2-10-3-5-12(18(23)24)16(21)15(10)20-11/h2-8,20-22H,1H3,(H,23,24)/b11-6+. The molecule has 4 N–H and O–H groups in total. The first-order chi connectivity index (χ1) is 11.9. The van der Waals surface area contributed by atoms with Crippen molar-refractivity contribution in [3.8, 4) is 17.2 Å². The number of halogens is 1. The first-order valence-electron chi connectivity index (χ1n) is 7.23. The first-order valence-corrected chi connectivity index (χ1v) is 8.31. The Bertz CT molecular complexity index is 934. The van der Waals surface area contributed by atoms with E-state index in [1.165, 1.54) is 13.2 Å². The third kappa shape index (κ3) is 3.27. The number of carboxylic acid groups (broad SMARTS) is 1. The average molecular weight is 451 g/mol. The van der Waals surface area contributed by atoms with Crippen LogP contribution in [0.5, 0.6) is 17.2 Å². The number of phenols is 2. The zero-order chi connectivity index (χ0) is 18.1. The van der Waals surface area contributed by atoms with Gasteiger partial charge < -0.3 is 25.4 Å². The predicted molar refractivity (Wildman–Crippen MR) is 103 cm³/mol. The number of anilines is 1. The molecule has 0 spiro atoms. The van der Waals surface area contributed by atoms with E-state index in [9.17, 15) is 15.0 Å². The van der Waals surface area contributed by atoms with Crippen LogP contribution in [0, 0.1) is 3.57 Å². The number of nitrogens with one attached hydrogen (secondary N) is 1. The number of fused-ring (bicyclic) bond motifs is 1. The lowest BCUT2D eigenvalue weighted by atomic mass is 10.0. The minimum absolute atomic E-state index is 0.0754. The molecule has 0 bridgehead atoms. The van der Waals surface area contributed by atoms with E-state index < -0.39 is 5.97 Å². The van der Waals surface area contributed by atoms with Gasteiger partial charge in [0.05, 0.1) is 16.4 Å². The van der Waals surface area contributed by atoms with Gasteiger partial charge in [0.25, 0.3) is 0 Å². The van der Waals surface area contributed by atoms with Gasteiger partial charge in [0.2, 0.25) is 0 Å². The maximum absolute atomic E-state index is 11.2. The smallest absolute Gasteiger partial charge is 0.339 e. The molecule has 2 aromatic rings. The van der Waals surface area contributed by atoms with E-state index in [1.54, 1.807) is 30.4 Å². The molecule has 0 aliphatic carbocycles. The molecule has 0 aromatic heterocycles. The topological polar surface area (TPSA) is 99.0 Å². The molecule has 0 unspecified atom stereocenters. The lowest BCUT2D eigenvalue weighted by Crippen LogP contribution is -2.06. The summed E-state index contributed by atoms with van der Waals surface area (Å²) in [5, 5.41) is 32.3. The van der Waals surface area contributed by atoms with Gasteiger partial charge in [-0.1, -0.05) is 12.1 Å². The van der Waals surface area contributed by atoms with Crippen molar-refractivity contribution in [1.29, 1.82) is 0 Å². The van der Waals surface area contributed by atoms with Crippen LogP contribution in [-0.2, 0) is 0 Å². The molecule has 1 aliphatic rings. The monoisotopic (exact) mass is 451 g/mol. The van der Waals surface area contributed by atoms with Gasteiger partial charge in [-0.05, 0) is 58.5 Å². The number of methoxy groups -OCH3 is 1. The Morgan fingerprint density at radius 2 is 1.96 bits per heavy atom. The van der Waals surface area contributed by atoms with Gasteiger partial charge in [0.1, 0.15) is 5.56 Å². The minimum Gasteiger partial charge on any atom is -0.505 e. The van der Waals surface area contributed by atoms with Crippen LogP contribution >= 0.6 is 22.6 Å². The Morgan fingerprint density at radius 1 is 1.20 bits per heavy atom. The highest BCUT2D eigenvalue weighted by Crippen LogP contribution is 2.37. The molecule has 0 radical (unpaired) electrons. The number of benzene rings is 2. The first kappa shape index (κ1) is 17.2. The Kier molecular flexibility index (Phi) is 4.58. The zero-order valence-electron chi connectivity index (χ0n) is 13.1. The van der Waals surface area contributed by atoms with Gasteiger partial charge in [-0.25, -0.2) is 4.79 Å². The largest absolute Gasteiger partial charge is 0.505 e. The Balaban J connectivity index is 2.01. The van der Waals surface area contributed by atoms with Gasteiger partial charge in [0, 0.05) is 11.3 Å². The number of carbonyl (C=O) groups is 1. The zero-order valence-corrected chi connectivity index (χ0v) is 15.2. The number of rotatable bonds is 3. The van der Waals surface area contributed by atoms with Crippen molar-refractivity contribution in [2.45, 2.75) is 0 Å². The fourth-order valence-corrected chi connectivity index (χ4v) is 3.14. The number of aromatic hydroxyl groups is 2. The second-order valence-corrected chi connectivity index (χ2v) is 6.50. The molecule has 0 amide bonds. The number of ether oxygens (including phenoxy) is 1. The number of allylic oxidation sites excluding steroid dienone is 1. The van der Waals surface area contributed by atoms with Crippen molar-refractivity contribution in [2.75, 3.05) is 12.4 Å². The number of hydrogen-bond acceptors (Lipinski definition) is 5. The van der Waals surface area contributed by atoms with Gasteiger partial charge in [-0.3, -0.25) is 0 Å². The molecule has 7 heteroatoms. The van der Waals surface area contributed by atoms with E-state index in [0.717, 1.165) is 5.56 Å². The van der Waals surface area contributed by atoms with Crippen LogP contribution in [0.4, 0.5) is 5.69 Å². The number of aromatic carboxylic acids is 1. The fourth-order valence-electron chi connectivity index (χ4n) is 2.51. The molecule has 0 saturated heterocycles. The highest BCUT2D eigenvalue weighted by atomic mass is 127. The van der Waals surface area contributed by atoms with Crippen LogP contribution in [-0.4, -0.2) is 28.4 Å². The van der Waals surface area contributed by atoms with Gasteiger partial charge in [0.15, 0.2) is 17.2 Å². The van der Waals surface area contributed by atoms with E-state index in [1.807, 2.05) is 28.7 Å². The Morgan fingerprint density at radius 3 is 2.64 bits per heavy atom. The van der Waals surface area contributed by atoms with E-state index in [0.29, 0.717) is 26.3 Å². The molecular formula is C18H14INO5. The van der Waals surface area contributed by atoms with E-state index >= 15 is 0 Å². The van der Waals surface area contributed by atoms with Crippen LogP contribution in [0.1, 0.15) is 21.5 Å². The molecule has 0 fully saturated rings. The van der Waals surface area contributed by atoms with Crippen molar-refractivity contribution in [3.05, 3.63) is 56.3 Å². The van der Waals surface area contributed by atoms with Crippen molar-refractivity contribution >= 4 is 46.4 Å². The molecule has 3 rings (SSSR count).